The van der Waals surface area contributed by atoms with Crippen LogP contribution >= 0.6 is 0 Å². The predicted molar refractivity (Wildman–Crippen MR) is 95.2 cm³/mol. The van der Waals surface area contributed by atoms with E-state index in [2.05, 4.69) is 25.2 Å². The van der Waals surface area contributed by atoms with Crippen LogP contribution in [-0.2, 0) is 4.79 Å². The van der Waals surface area contributed by atoms with Crippen LogP contribution in [0.1, 0.15) is 43.4 Å². The molecule has 2 aromatic rings. The maximum absolute atomic E-state index is 12.3. The molecule has 0 bridgehead atoms. The summed E-state index contributed by atoms with van der Waals surface area (Å²) in [5, 5.41) is 2.89. The van der Waals surface area contributed by atoms with Crippen LogP contribution in [0, 0.1) is 13.8 Å². The first-order valence-electron chi connectivity index (χ1n) is 8.01. The highest BCUT2D eigenvalue weighted by Gasteiger charge is 2.15. The SMILES string of the molecule is Cc1cc(C)cc(O[C@H](C)C(=O)Nc2ccc(C(C)C)cc2)c1. The van der Waals surface area contributed by atoms with Crippen molar-refractivity contribution in [1.29, 1.82) is 0 Å². The van der Waals surface area contributed by atoms with Crippen molar-refractivity contribution in [2.24, 2.45) is 0 Å². The Kier molecular flexibility index (Phi) is 5.43. The summed E-state index contributed by atoms with van der Waals surface area (Å²) in [4.78, 5) is 12.3. The Balaban J connectivity index is 1.99. The van der Waals surface area contributed by atoms with Crippen molar-refractivity contribution in [3.05, 3.63) is 59.2 Å². The molecule has 1 atom stereocenters. The minimum Gasteiger partial charge on any atom is -0.481 e. The highest BCUT2D eigenvalue weighted by atomic mass is 16.5. The Morgan fingerprint density at radius 2 is 1.52 bits per heavy atom. The van der Waals surface area contributed by atoms with Crippen LogP contribution in [0.4, 0.5) is 5.69 Å². The first kappa shape index (κ1) is 17.1. The minimum atomic E-state index is -0.555. The van der Waals surface area contributed by atoms with Gasteiger partial charge in [0.05, 0.1) is 0 Å². The lowest BCUT2D eigenvalue weighted by Gasteiger charge is -2.16. The molecule has 2 aromatic carbocycles. The molecule has 3 heteroatoms. The molecule has 2 rings (SSSR count). The fourth-order valence-corrected chi connectivity index (χ4v) is 2.45. The Hall–Kier alpha value is -2.29. The van der Waals surface area contributed by atoms with Crippen LogP contribution in [-0.4, -0.2) is 12.0 Å². The number of rotatable bonds is 5. The molecule has 0 unspecified atom stereocenters. The fourth-order valence-electron chi connectivity index (χ4n) is 2.45. The third kappa shape index (κ3) is 4.85. The van der Waals surface area contributed by atoms with Crippen LogP contribution in [0.2, 0.25) is 0 Å². The smallest absolute Gasteiger partial charge is 0.265 e. The standard InChI is InChI=1S/C20H25NO2/c1-13(2)17-6-8-18(9-7-17)21-20(22)16(5)23-19-11-14(3)10-15(4)12-19/h6-13,16H,1-5H3,(H,21,22)/t16-/m1/s1. The van der Waals surface area contributed by atoms with Crippen molar-refractivity contribution >= 4 is 11.6 Å². The third-order valence-corrected chi connectivity index (χ3v) is 3.72. The van der Waals surface area contributed by atoms with E-state index in [1.807, 2.05) is 50.2 Å². The van der Waals surface area contributed by atoms with Crippen molar-refractivity contribution in [2.75, 3.05) is 5.32 Å². The van der Waals surface area contributed by atoms with E-state index in [1.165, 1.54) is 5.56 Å². The number of anilines is 1. The summed E-state index contributed by atoms with van der Waals surface area (Å²) in [6, 6.07) is 13.9. The second-order valence-electron chi connectivity index (χ2n) is 6.35. The van der Waals surface area contributed by atoms with Crippen LogP contribution < -0.4 is 10.1 Å². The Morgan fingerprint density at radius 3 is 2.04 bits per heavy atom. The molecule has 0 aromatic heterocycles. The highest BCUT2D eigenvalue weighted by Crippen LogP contribution is 2.19. The topological polar surface area (TPSA) is 38.3 Å². The third-order valence-electron chi connectivity index (χ3n) is 3.72. The Morgan fingerprint density at radius 1 is 0.957 bits per heavy atom. The van der Waals surface area contributed by atoms with Gasteiger partial charge in [-0.15, -0.1) is 0 Å². The molecule has 0 aliphatic heterocycles. The number of ether oxygens (including phenoxy) is 1. The average molecular weight is 311 g/mol. The molecule has 122 valence electrons. The molecule has 23 heavy (non-hydrogen) atoms. The van der Waals surface area contributed by atoms with Crippen molar-refractivity contribution in [3.8, 4) is 5.75 Å². The predicted octanol–water partition coefficient (Wildman–Crippen LogP) is 4.83. The van der Waals surface area contributed by atoms with E-state index in [9.17, 15) is 4.79 Å². The lowest BCUT2D eigenvalue weighted by Crippen LogP contribution is -2.30. The van der Waals surface area contributed by atoms with Crippen molar-refractivity contribution < 1.29 is 9.53 Å². The number of carbonyl (C=O) groups excluding carboxylic acids is 1. The number of hydrogen-bond donors (Lipinski definition) is 1. The van der Waals surface area contributed by atoms with E-state index >= 15 is 0 Å². The summed E-state index contributed by atoms with van der Waals surface area (Å²) >= 11 is 0. The molecular formula is C20H25NO2. The van der Waals surface area contributed by atoms with Gasteiger partial charge >= 0.3 is 0 Å². The highest BCUT2D eigenvalue weighted by molar-refractivity contribution is 5.94. The van der Waals surface area contributed by atoms with Gasteiger partial charge in [-0.05, 0) is 67.6 Å². The second-order valence-corrected chi connectivity index (χ2v) is 6.35. The number of amides is 1. The van der Waals surface area contributed by atoms with E-state index in [-0.39, 0.29) is 5.91 Å². The summed E-state index contributed by atoms with van der Waals surface area (Å²) in [6.45, 7) is 10.1. The van der Waals surface area contributed by atoms with Gasteiger partial charge < -0.3 is 10.1 Å². The van der Waals surface area contributed by atoms with Crippen LogP contribution in [0.3, 0.4) is 0 Å². The van der Waals surface area contributed by atoms with Gasteiger partial charge in [-0.25, -0.2) is 0 Å². The molecule has 0 spiro atoms. The van der Waals surface area contributed by atoms with Crippen molar-refractivity contribution in [2.45, 2.75) is 46.6 Å². The van der Waals surface area contributed by atoms with Crippen LogP contribution in [0.15, 0.2) is 42.5 Å². The number of hydrogen-bond acceptors (Lipinski definition) is 2. The van der Waals surface area contributed by atoms with Gasteiger partial charge in [0.2, 0.25) is 0 Å². The van der Waals surface area contributed by atoms with Crippen LogP contribution in [0.5, 0.6) is 5.75 Å². The van der Waals surface area contributed by atoms with E-state index in [0.29, 0.717) is 5.92 Å². The van der Waals surface area contributed by atoms with Crippen LogP contribution in [0.25, 0.3) is 0 Å². The summed E-state index contributed by atoms with van der Waals surface area (Å²) < 4.78 is 5.76. The Bertz CT molecular complexity index is 654. The molecule has 0 heterocycles. The quantitative estimate of drug-likeness (QED) is 0.858. The zero-order valence-electron chi connectivity index (χ0n) is 14.5. The van der Waals surface area contributed by atoms with Gasteiger partial charge in [0.25, 0.3) is 5.91 Å². The second kappa shape index (κ2) is 7.32. The van der Waals surface area contributed by atoms with Gasteiger partial charge in [0.15, 0.2) is 6.10 Å². The van der Waals surface area contributed by atoms with Gasteiger partial charge in [0.1, 0.15) is 5.75 Å². The molecule has 1 amide bonds. The first-order chi connectivity index (χ1) is 10.8. The monoisotopic (exact) mass is 311 g/mol. The molecule has 0 saturated carbocycles. The van der Waals surface area contributed by atoms with Gasteiger partial charge in [-0.2, -0.15) is 0 Å². The van der Waals surface area contributed by atoms with E-state index in [4.69, 9.17) is 4.74 Å². The summed E-state index contributed by atoms with van der Waals surface area (Å²) in [5.74, 6) is 1.05. The molecule has 3 nitrogen and oxygen atoms in total. The van der Waals surface area contributed by atoms with Crippen molar-refractivity contribution in [3.63, 3.8) is 0 Å². The number of carbonyl (C=O) groups is 1. The normalized spacial score (nSPS) is 12.1. The Labute approximate surface area is 138 Å². The number of benzene rings is 2. The molecule has 0 aliphatic rings. The fraction of sp³-hybridized carbons (Fsp3) is 0.350. The zero-order valence-corrected chi connectivity index (χ0v) is 14.5. The van der Waals surface area contributed by atoms with Gasteiger partial charge in [-0.1, -0.05) is 32.0 Å². The summed E-state index contributed by atoms with van der Waals surface area (Å²) in [5.41, 5.74) is 4.28. The zero-order chi connectivity index (χ0) is 17.0. The number of nitrogens with one attached hydrogen (secondary N) is 1. The molecule has 1 N–H and O–H groups in total. The largest absolute Gasteiger partial charge is 0.481 e. The van der Waals surface area contributed by atoms with E-state index in [0.717, 1.165) is 22.6 Å². The molecule has 0 fully saturated rings. The minimum absolute atomic E-state index is 0.151. The summed E-state index contributed by atoms with van der Waals surface area (Å²) in [7, 11) is 0. The van der Waals surface area contributed by atoms with E-state index < -0.39 is 6.10 Å². The lowest BCUT2D eigenvalue weighted by molar-refractivity contribution is -0.122. The maximum Gasteiger partial charge on any atom is 0.265 e. The molecule has 0 aliphatic carbocycles. The summed E-state index contributed by atoms with van der Waals surface area (Å²) in [6.07, 6.45) is -0.555. The van der Waals surface area contributed by atoms with E-state index in [1.54, 1.807) is 6.92 Å². The molecule has 0 saturated heterocycles. The molecule has 0 radical (unpaired) electrons. The average Bonchev–Trinajstić information content (AvgIpc) is 2.46. The lowest BCUT2D eigenvalue weighted by atomic mass is 10.0. The molecular weight excluding hydrogens is 286 g/mol. The maximum atomic E-state index is 12.3. The number of aryl methyl sites for hydroxylation is 2. The van der Waals surface area contributed by atoms with Gasteiger partial charge in [-0.3, -0.25) is 4.79 Å². The van der Waals surface area contributed by atoms with Crippen molar-refractivity contribution in [1.82, 2.24) is 0 Å². The first-order valence-corrected chi connectivity index (χ1v) is 8.01. The van der Waals surface area contributed by atoms with Gasteiger partial charge in [0, 0.05) is 5.69 Å².